The second-order valence-corrected chi connectivity index (χ2v) is 13.5. The van der Waals surface area contributed by atoms with Crippen LogP contribution in [0.2, 0.25) is 0 Å². The summed E-state index contributed by atoms with van der Waals surface area (Å²) in [6.07, 6.45) is 13.9. The van der Waals surface area contributed by atoms with Crippen molar-refractivity contribution in [2.75, 3.05) is 0 Å². The van der Waals surface area contributed by atoms with Crippen LogP contribution in [0.25, 0.3) is 0 Å². The molecule has 0 amide bonds. The second kappa shape index (κ2) is 8.39. The Balaban J connectivity index is 1.47. The van der Waals surface area contributed by atoms with Crippen LogP contribution in [0.15, 0.2) is 0 Å². The molecule has 4 aliphatic carbocycles. The van der Waals surface area contributed by atoms with Crippen LogP contribution in [-0.2, 0) is 0 Å². The smallest absolute Gasteiger partial charge is 0.0568 e. The van der Waals surface area contributed by atoms with Crippen LogP contribution in [0.4, 0.5) is 0 Å². The van der Waals surface area contributed by atoms with Gasteiger partial charge < -0.3 is 5.11 Å². The number of aliphatic hydroxyl groups excluding tert-OH is 1. The molecule has 4 fully saturated rings. The largest absolute Gasteiger partial charge is 0.393 e. The first kappa shape index (κ1) is 23.1. The molecule has 4 saturated carbocycles. The molecule has 4 rings (SSSR count). The highest BCUT2D eigenvalue weighted by Gasteiger charge is 2.61. The van der Waals surface area contributed by atoms with E-state index >= 15 is 0 Å². The van der Waals surface area contributed by atoms with E-state index < -0.39 is 0 Å². The number of rotatable bonds is 5. The van der Waals surface area contributed by atoms with Gasteiger partial charge in [-0.05, 0) is 115 Å². The third-order valence-corrected chi connectivity index (χ3v) is 12.1. The van der Waals surface area contributed by atoms with Crippen molar-refractivity contribution in [3.05, 3.63) is 0 Å². The average Bonchev–Trinajstić information content (AvgIpc) is 3.06. The van der Waals surface area contributed by atoms with Gasteiger partial charge in [-0.1, -0.05) is 61.3 Å². The molecule has 0 heterocycles. The maximum absolute atomic E-state index is 10.5. The minimum atomic E-state index is -0.0431. The van der Waals surface area contributed by atoms with Crippen LogP contribution in [0.5, 0.6) is 0 Å². The minimum Gasteiger partial charge on any atom is -0.393 e. The van der Waals surface area contributed by atoms with Gasteiger partial charge in [0.15, 0.2) is 0 Å². The molecule has 1 N–H and O–H groups in total. The van der Waals surface area contributed by atoms with Gasteiger partial charge in [-0.15, -0.1) is 0 Å². The van der Waals surface area contributed by atoms with Crippen LogP contribution in [-0.4, -0.2) is 11.2 Å². The van der Waals surface area contributed by atoms with Crippen molar-refractivity contribution in [2.24, 2.45) is 64.1 Å². The molecular formula is C29H52O. The molecule has 0 aromatic heterocycles. The van der Waals surface area contributed by atoms with Gasteiger partial charge in [0.05, 0.1) is 6.10 Å². The molecule has 2 unspecified atom stereocenters. The fourth-order valence-corrected chi connectivity index (χ4v) is 9.75. The number of hydrogen-bond donors (Lipinski definition) is 1. The van der Waals surface area contributed by atoms with E-state index in [4.69, 9.17) is 0 Å². The topological polar surface area (TPSA) is 20.2 Å². The number of hydrogen-bond acceptors (Lipinski definition) is 1. The van der Waals surface area contributed by atoms with E-state index in [1.54, 1.807) is 0 Å². The summed E-state index contributed by atoms with van der Waals surface area (Å²) in [5.41, 5.74) is 1.10. The molecule has 4 aliphatic rings. The first-order valence-electron chi connectivity index (χ1n) is 13.8. The average molecular weight is 417 g/mol. The van der Waals surface area contributed by atoms with Gasteiger partial charge in [0.1, 0.15) is 0 Å². The lowest BCUT2D eigenvalue weighted by Gasteiger charge is -2.62. The minimum absolute atomic E-state index is 0.0431. The normalized spacial score (nSPS) is 50.5. The lowest BCUT2D eigenvalue weighted by molar-refractivity contribution is -0.149. The Morgan fingerprint density at radius 1 is 0.767 bits per heavy atom. The molecule has 0 radical (unpaired) electrons. The summed E-state index contributed by atoms with van der Waals surface area (Å²) >= 11 is 0. The molecule has 1 heteroatoms. The van der Waals surface area contributed by atoms with Crippen LogP contribution in [0.1, 0.15) is 113 Å². The molecule has 0 saturated heterocycles. The maximum atomic E-state index is 10.5. The lowest BCUT2D eigenvalue weighted by Crippen LogP contribution is -2.56. The van der Waals surface area contributed by atoms with E-state index in [1.807, 2.05) is 0 Å². The summed E-state index contributed by atoms with van der Waals surface area (Å²) in [6, 6.07) is 0. The van der Waals surface area contributed by atoms with E-state index in [-0.39, 0.29) is 6.10 Å². The highest BCUT2D eigenvalue weighted by molar-refractivity contribution is 5.10. The highest BCUT2D eigenvalue weighted by atomic mass is 16.3. The maximum Gasteiger partial charge on any atom is 0.0568 e. The lowest BCUT2D eigenvalue weighted by atomic mass is 9.43. The summed E-state index contributed by atoms with van der Waals surface area (Å²) in [6.45, 7) is 17.6. The Morgan fingerprint density at radius 3 is 2.10 bits per heavy atom. The van der Waals surface area contributed by atoms with Gasteiger partial charge in [-0.25, -0.2) is 0 Å². The summed E-state index contributed by atoms with van der Waals surface area (Å²) in [5, 5.41) is 10.5. The standard InChI is InChI=1S/C29H52O/c1-18(2)19(3)8-9-20(4)23-12-13-25-22-10-11-24-21(5)27(30)15-17-29(24,7)26(22)14-16-28(23,25)6/h18-27,30H,8-17H2,1-7H3/t19-,20+,21-,22-,23+,24?,25-,26-,27?,28+,29-/m0/s1. The van der Waals surface area contributed by atoms with Gasteiger partial charge >= 0.3 is 0 Å². The van der Waals surface area contributed by atoms with Gasteiger partial charge in [-0.3, -0.25) is 0 Å². The Labute approximate surface area is 188 Å². The summed E-state index contributed by atoms with van der Waals surface area (Å²) in [7, 11) is 0. The van der Waals surface area contributed by atoms with Gasteiger partial charge in [0, 0.05) is 0 Å². The van der Waals surface area contributed by atoms with Gasteiger partial charge in [-0.2, -0.15) is 0 Å². The summed E-state index contributed by atoms with van der Waals surface area (Å²) in [4.78, 5) is 0. The van der Waals surface area contributed by atoms with Gasteiger partial charge in [0.2, 0.25) is 0 Å². The zero-order valence-corrected chi connectivity index (χ0v) is 21.3. The molecule has 11 atom stereocenters. The quantitative estimate of drug-likeness (QED) is 0.482. The van der Waals surface area contributed by atoms with Crippen molar-refractivity contribution in [2.45, 2.75) is 119 Å². The Hall–Kier alpha value is -0.0400. The van der Waals surface area contributed by atoms with E-state index in [1.165, 1.54) is 57.8 Å². The van der Waals surface area contributed by atoms with Crippen molar-refractivity contribution in [3.63, 3.8) is 0 Å². The van der Waals surface area contributed by atoms with Crippen molar-refractivity contribution in [1.82, 2.24) is 0 Å². The fraction of sp³-hybridized carbons (Fsp3) is 1.00. The molecule has 1 nitrogen and oxygen atoms in total. The van der Waals surface area contributed by atoms with E-state index in [2.05, 4.69) is 48.5 Å². The van der Waals surface area contributed by atoms with E-state index in [0.29, 0.717) is 16.7 Å². The van der Waals surface area contributed by atoms with Crippen LogP contribution >= 0.6 is 0 Å². The molecule has 174 valence electrons. The van der Waals surface area contributed by atoms with Crippen molar-refractivity contribution >= 4 is 0 Å². The van der Waals surface area contributed by atoms with Crippen LogP contribution < -0.4 is 0 Å². The van der Waals surface area contributed by atoms with Gasteiger partial charge in [0.25, 0.3) is 0 Å². The molecular weight excluding hydrogens is 364 g/mol. The Morgan fingerprint density at radius 2 is 1.40 bits per heavy atom. The molecule has 0 aromatic carbocycles. The van der Waals surface area contributed by atoms with E-state index in [9.17, 15) is 5.11 Å². The molecule has 0 spiro atoms. The van der Waals surface area contributed by atoms with E-state index in [0.717, 1.165) is 53.8 Å². The fourth-order valence-electron chi connectivity index (χ4n) is 9.75. The zero-order chi connectivity index (χ0) is 21.8. The summed E-state index contributed by atoms with van der Waals surface area (Å²) < 4.78 is 0. The monoisotopic (exact) mass is 416 g/mol. The predicted octanol–water partition coefficient (Wildman–Crippen LogP) is 7.96. The summed E-state index contributed by atoms with van der Waals surface area (Å²) in [5.74, 6) is 7.70. The van der Waals surface area contributed by atoms with Crippen molar-refractivity contribution < 1.29 is 5.11 Å². The SMILES string of the molecule is CC(C)[C@@H](C)CC[C@@H](C)[C@H]1CC[C@H]2[C@@H]3CCC4[C@H](C)C(O)CC[C@]4(C)[C@H]3CC[C@]12C. The number of aliphatic hydroxyl groups is 1. The Bertz CT molecular complexity index is 597. The van der Waals surface area contributed by atoms with Crippen molar-refractivity contribution in [3.8, 4) is 0 Å². The third-order valence-electron chi connectivity index (χ3n) is 12.1. The van der Waals surface area contributed by atoms with Crippen LogP contribution in [0.3, 0.4) is 0 Å². The zero-order valence-electron chi connectivity index (χ0n) is 21.3. The molecule has 0 bridgehead atoms. The highest BCUT2D eigenvalue weighted by Crippen LogP contribution is 2.68. The molecule has 0 aromatic rings. The predicted molar refractivity (Wildman–Crippen MR) is 128 cm³/mol. The molecule has 0 aliphatic heterocycles. The first-order chi connectivity index (χ1) is 14.1. The van der Waals surface area contributed by atoms with Crippen LogP contribution in [0, 0.1) is 64.1 Å². The third kappa shape index (κ3) is 3.62. The first-order valence-corrected chi connectivity index (χ1v) is 13.8. The Kier molecular flexibility index (Phi) is 6.47. The molecule has 30 heavy (non-hydrogen) atoms. The van der Waals surface area contributed by atoms with Crippen molar-refractivity contribution in [1.29, 1.82) is 0 Å². The number of fused-ring (bicyclic) bond motifs is 5. The second-order valence-electron chi connectivity index (χ2n) is 13.5.